The number of benzene rings is 1. The van der Waals surface area contributed by atoms with Gasteiger partial charge in [0, 0.05) is 30.2 Å². The molecule has 0 aromatic heterocycles. The maximum Gasteiger partial charge on any atom is 0.127 e. The summed E-state index contributed by atoms with van der Waals surface area (Å²) in [6.45, 7) is 5.13. The van der Waals surface area contributed by atoms with Crippen LogP contribution in [-0.2, 0) is 0 Å². The predicted octanol–water partition coefficient (Wildman–Crippen LogP) is 2.96. The first-order chi connectivity index (χ1) is 8.59. The third-order valence-electron chi connectivity index (χ3n) is 3.91. The van der Waals surface area contributed by atoms with Crippen LogP contribution >= 0.6 is 0 Å². The molecule has 0 radical (unpaired) electrons. The fourth-order valence-corrected chi connectivity index (χ4v) is 2.27. The lowest BCUT2D eigenvalue weighted by atomic mass is 10.1. The highest BCUT2D eigenvalue weighted by molar-refractivity contribution is 5.20. The first-order valence-electron chi connectivity index (χ1n) is 6.79. The third-order valence-corrected chi connectivity index (χ3v) is 3.91. The van der Waals surface area contributed by atoms with Gasteiger partial charge in [0.2, 0.25) is 0 Å². The van der Waals surface area contributed by atoms with Crippen molar-refractivity contribution in [1.29, 1.82) is 0 Å². The molecular weight excluding hydrogens is 227 g/mol. The minimum atomic E-state index is -0.124. The maximum atomic E-state index is 13.6. The monoisotopic (exact) mass is 250 g/mol. The summed E-state index contributed by atoms with van der Waals surface area (Å²) in [4.78, 5) is 2.42. The number of hydrogen-bond donors (Lipinski definition) is 1. The first kappa shape index (κ1) is 13.5. The standard InChI is InChI=1S/C15H23FN2/c1-11(18(3)13-8-9-13)10-17-12(2)14-6-4-5-7-15(14)16/h4-7,11-13,17H,8-10H2,1-3H3. The van der Waals surface area contributed by atoms with Crippen molar-refractivity contribution in [2.45, 2.75) is 44.8 Å². The molecule has 1 aliphatic rings. The van der Waals surface area contributed by atoms with Gasteiger partial charge in [-0.3, -0.25) is 4.90 Å². The Morgan fingerprint density at radius 3 is 2.61 bits per heavy atom. The summed E-state index contributed by atoms with van der Waals surface area (Å²) in [6.07, 6.45) is 2.65. The molecule has 2 atom stereocenters. The quantitative estimate of drug-likeness (QED) is 0.835. The van der Waals surface area contributed by atoms with Gasteiger partial charge in [0.1, 0.15) is 5.82 Å². The van der Waals surface area contributed by atoms with E-state index in [-0.39, 0.29) is 11.9 Å². The van der Waals surface area contributed by atoms with Crippen molar-refractivity contribution in [2.24, 2.45) is 0 Å². The van der Waals surface area contributed by atoms with Crippen molar-refractivity contribution in [3.05, 3.63) is 35.6 Å². The molecule has 0 aliphatic heterocycles. The number of rotatable bonds is 6. The molecule has 0 spiro atoms. The molecule has 100 valence electrons. The number of nitrogens with zero attached hydrogens (tertiary/aromatic N) is 1. The van der Waals surface area contributed by atoms with Crippen LogP contribution in [0.25, 0.3) is 0 Å². The summed E-state index contributed by atoms with van der Waals surface area (Å²) in [6, 6.07) is 8.31. The number of nitrogens with one attached hydrogen (secondary N) is 1. The van der Waals surface area contributed by atoms with Crippen molar-refractivity contribution in [1.82, 2.24) is 10.2 Å². The Morgan fingerprint density at radius 2 is 2.00 bits per heavy atom. The van der Waals surface area contributed by atoms with Gasteiger partial charge in [0.05, 0.1) is 0 Å². The van der Waals surface area contributed by atoms with Crippen LogP contribution in [-0.4, -0.2) is 30.6 Å². The summed E-state index contributed by atoms with van der Waals surface area (Å²) in [5.41, 5.74) is 0.749. The lowest BCUT2D eigenvalue weighted by Crippen LogP contribution is -2.40. The zero-order valence-corrected chi connectivity index (χ0v) is 11.5. The van der Waals surface area contributed by atoms with Crippen LogP contribution in [0.3, 0.4) is 0 Å². The fourth-order valence-electron chi connectivity index (χ4n) is 2.27. The van der Waals surface area contributed by atoms with Gasteiger partial charge < -0.3 is 5.32 Å². The molecule has 1 N–H and O–H groups in total. The molecule has 1 aromatic rings. The van der Waals surface area contributed by atoms with Crippen molar-refractivity contribution in [3.63, 3.8) is 0 Å². The van der Waals surface area contributed by atoms with Crippen LogP contribution in [0.4, 0.5) is 4.39 Å². The highest BCUT2D eigenvalue weighted by Crippen LogP contribution is 2.27. The Kier molecular flexibility index (Phi) is 4.36. The van der Waals surface area contributed by atoms with Gasteiger partial charge in [0.15, 0.2) is 0 Å². The predicted molar refractivity (Wildman–Crippen MR) is 73.1 cm³/mol. The molecule has 1 saturated carbocycles. The van der Waals surface area contributed by atoms with Gasteiger partial charge in [-0.25, -0.2) is 4.39 Å². The van der Waals surface area contributed by atoms with E-state index in [4.69, 9.17) is 0 Å². The molecule has 3 heteroatoms. The van der Waals surface area contributed by atoms with Crippen LogP contribution in [0.1, 0.15) is 38.3 Å². The lowest BCUT2D eigenvalue weighted by Gasteiger charge is -2.26. The summed E-state index contributed by atoms with van der Waals surface area (Å²) >= 11 is 0. The van der Waals surface area contributed by atoms with Crippen molar-refractivity contribution in [3.8, 4) is 0 Å². The number of hydrogen-bond acceptors (Lipinski definition) is 2. The Hall–Kier alpha value is -0.930. The summed E-state index contributed by atoms with van der Waals surface area (Å²) < 4.78 is 13.6. The van der Waals surface area contributed by atoms with E-state index in [9.17, 15) is 4.39 Å². The van der Waals surface area contributed by atoms with Gasteiger partial charge in [0.25, 0.3) is 0 Å². The van der Waals surface area contributed by atoms with E-state index in [1.807, 2.05) is 19.1 Å². The van der Waals surface area contributed by atoms with E-state index in [1.165, 1.54) is 18.9 Å². The minimum Gasteiger partial charge on any atom is -0.309 e. The minimum absolute atomic E-state index is 0.0567. The molecule has 18 heavy (non-hydrogen) atoms. The van der Waals surface area contributed by atoms with Gasteiger partial charge in [-0.2, -0.15) is 0 Å². The van der Waals surface area contributed by atoms with Crippen LogP contribution in [0, 0.1) is 5.82 Å². The second kappa shape index (κ2) is 5.81. The molecule has 0 bridgehead atoms. The van der Waals surface area contributed by atoms with Crippen molar-refractivity contribution >= 4 is 0 Å². The highest BCUT2D eigenvalue weighted by Gasteiger charge is 2.29. The summed E-state index contributed by atoms with van der Waals surface area (Å²) in [7, 11) is 2.18. The Bertz CT molecular complexity index is 390. The zero-order chi connectivity index (χ0) is 13.1. The average molecular weight is 250 g/mol. The fraction of sp³-hybridized carbons (Fsp3) is 0.600. The van der Waals surface area contributed by atoms with Crippen molar-refractivity contribution in [2.75, 3.05) is 13.6 Å². The molecule has 1 fully saturated rings. The molecule has 1 aliphatic carbocycles. The summed E-state index contributed by atoms with van der Waals surface area (Å²) in [5, 5.41) is 3.42. The van der Waals surface area contributed by atoms with Crippen molar-refractivity contribution < 1.29 is 4.39 Å². The molecule has 0 heterocycles. The Morgan fingerprint density at radius 1 is 1.33 bits per heavy atom. The van der Waals surface area contributed by atoms with Crippen LogP contribution in [0.5, 0.6) is 0 Å². The molecule has 1 aromatic carbocycles. The molecule has 0 saturated heterocycles. The third kappa shape index (κ3) is 3.30. The van der Waals surface area contributed by atoms with Gasteiger partial charge in [-0.15, -0.1) is 0 Å². The van der Waals surface area contributed by atoms with E-state index in [2.05, 4.69) is 24.2 Å². The summed E-state index contributed by atoms with van der Waals surface area (Å²) in [5.74, 6) is -0.124. The van der Waals surface area contributed by atoms with Crippen LogP contribution < -0.4 is 5.32 Å². The second-order valence-corrected chi connectivity index (χ2v) is 5.40. The van der Waals surface area contributed by atoms with E-state index >= 15 is 0 Å². The number of likely N-dealkylation sites (N-methyl/N-ethyl adjacent to an activating group) is 1. The van der Waals surface area contributed by atoms with Gasteiger partial charge in [-0.05, 0) is 39.8 Å². The average Bonchev–Trinajstić information content (AvgIpc) is 3.19. The first-order valence-corrected chi connectivity index (χ1v) is 6.79. The SMILES string of the molecule is CC(NCC(C)N(C)C1CC1)c1ccccc1F. The molecule has 2 rings (SSSR count). The smallest absolute Gasteiger partial charge is 0.127 e. The van der Waals surface area contributed by atoms with Gasteiger partial charge in [-0.1, -0.05) is 18.2 Å². The van der Waals surface area contributed by atoms with Gasteiger partial charge >= 0.3 is 0 Å². The van der Waals surface area contributed by atoms with E-state index in [0.717, 1.165) is 18.2 Å². The number of halogens is 1. The molecule has 2 nitrogen and oxygen atoms in total. The van der Waals surface area contributed by atoms with E-state index < -0.39 is 0 Å². The van der Waals surface area contributed by atoms with E-state index in [1.54, 1.807) is 6.07 Å². The van der Waals surface area contributed by atoms with Crippen LogP contribution in [0.2, 0.25) is 0 Å². The topological polar surface area (TPSA) is 15.3 Å². The zero-order valence-electron chi connectivity index (χ0n) is 11.5. The second-order valence-electron chi connectivity index (χ2n) is 5.40. The molecule has 0 amide bonds. The maximum absolute atomic E-state index is 13.6. The Labute approximate surface area is 109 Å². The van der Waals surface area contributed by atoms with Crippen LogP contribution in [0.15, 0.2) is 24.3 Å². The normalized spacial score (nSPS) is 18.9. The highest BCUT2D eigenvalue weighted by atomic mass is 19.1. The largest absolute Gasteiger partial charge is 0.309 e. The lowest BCUT2D eigenvalue weighted by molar-refractivity contribution is 0.236. The molecule has 2 unspecified atom stereocenters. The Balaban J connectivity index is 1.84. The molecular formula is C15H23FN2. The van der Waals surface area contributed by atoms with E-state index in [0.29, 0.717) is 6.04 Å².